The van der Waals surface area contributed by atoms with Gasteiger partial charge in [0, 0.05) is 42.6 Å². The highest BCUT2D eigenvalue weighted by Crippen LogP contribution is 2.37. The monoisotopic (exact) mass is 503 g/mol. The number of aliphatic hydroxyl groups excluding tert-OH is 1. The third kappa shape index (κ3) is 4.54. The Morgan fingerprint density at radius 2 is 2.08 bits per heavy atom. The second-order valence-electron chi connectivity index (χ2n) is 9.66. The van der Waals surface area contributed by atoms with E-state index in [1.54, 1.807) is 12.3 Å². The molecule has 0 saturated carbocycles. The van der Waals surface area contributed by atoms with Gasteiger partial charge in [-0.3, -0.25) is 15.0 Å². The van der Waals surface area contributed by atoms with Gasteiger partial charge in [0.05, 0.1) is 55.6 Å². The van der Waals surface area contributed by atoms with Crippen LogP contribution in [0.5, 0.6) is 5.75 Å². The number of aliphatic hydroxyl groups is 1. The average Bonchev–Trinajstić information content (AvgIpc) is 3.34. The van der Waals surface area contributed by atoms with E-state index in [0.29, 0.717) is 30.9 Å². The zero-order valence-corrected chi connectivity index (χ0v) is 20.8. The van der Waals surface area contributed by atoms with Crippen molar-refractivity contribution >= 4 is 16.6 Å². The topological polar surface area (TPSA) is 86.7 Å². The Hall–Kier alpha value is -3.53. The number of pyridine rings is 1. The van der Waals surface area contributed by atoms with Gasteiger partial charge in [0.25, 0.3) is 0 Å². The summed E-state index contributed by atoms with van der Waals surface area (Å²) in [4.78, 5) is 9.00. The molecule has 0 radical (unpaired) electrons. The van der Waals surface area contributed by atoms with Crippen LogP contribution in [-0.4, -0.2) is 77.7 Å². The van der Waals surface area contributed by atoms with Crippen molar-refractivity contribution in [1.29, 1.82) is 0 Å². The molecule has 4 bridgehead atoms. The van der Waals surface area contributed by atoms with Crippen molar-refractivity contribution in [3.05, 3.63) is 60.0 Å². The van der Waals surface area contributed by atoms with E-state index in [1.165, 1.54) is 6.07 Å². The molecule has 2 aliphatic heterocycles. The lowest BCUT2D eigenvalue weighted by Crippen LogP contribution is -2.53. The number of ether oxygens (including phenoxy) is 2. The molecule has 1 saturated heterocycles. The van der Waals surface area contributed by atoms with Crippen LogP contribution in [0.1, 0.15) is 12.0 Å². The van der Waals surface area contributed by atoms with Gasteiger partial charge >= 0.3 is 0 Å². The van der Waals surface area contributed by atoms with Gasteiger partial charge in [-0.2, -0.15) is 5.10 Å². The molecule has 0 aliphatic carbocycles. The molecule has 2 aromatic carbocycles. The molecule has 1 fully saturated rings. The first kappa shape index (κ1) is 23.8. The number of H-pyrrole nitrogens is 1. The largest absolute Gasteiger partial charge is 0.491 e. The third-order valence-corrected chi connectivity index (χ3v) is 7.31. The number of fused-ring (bicyclic) bond motifs is 6. The molecule has 9 heteroatoms. The lowest BCUT2D eigenvalue weighted by molar-refractivity contribution is 0.107. The predicted molar refractivity (Wildman–Crippen MR) is 140 cm³/mol. The zero-order chi connectivity index (χ0) is 25.4. The maximum absolute atomic E-state index is 15.0. The van der Waals surface area contributed by atoms with Crippen molar-refractivity contribution in [2.45, 2.75) is 19.1 Å². The third-order valence-electron chi connectivity index (χ3n) is 7.31. The number of nitrogens with one attached hydrogen (secondary N) is 1. The summed E-state index contributed by atoms with van der Waals surface area (Å²) < 4.78 is 27.2. The van der Waals surface area contributed by atoms with Gasteiger partial charge in [-0.25, -0.2) is 4.39 Å². The molecule has 8 nitrogen and oxygen atoms in total. The molecule has 0 spiro atoms. The van der Waals surface area contributed by atoms with Crippen molar-refractivity contribution in [3.8, 4) is 28.3 Å². The molecular weight excluding hydrogens is 473 g/mol. The zero-order valence-electron chi connectivity index (χ0n) is 20.8. The minimum Gasteiger partial charge on any atom is -0.491 e. The lowest BCUT2D eigenvalue weighted by Gasteiger charge is -2.40. The second kappa shape index (κ2) is 10.1. The number of halogens is 1. The Balaban J connectivity index is 1.45. The van der Waals surface area contributed by atoms with E-state index in [9.17, 15) is 5.11 Å². The first-order valence-electron chi connectivity index (χ1n) is 12.7. The number of aromatic amines is 1. The summed E-state index contributed by atoms with van der Waals surface area (Å²) in [6.07, 6.45) is 2.39. The number of piperazine rings is 1. The molecule has 2 N–H and O–H groups in total. The van der Waals surface area contributed by atoms with E-state index in [2.05, 4.69) is 31.0 Å². The number of likely N-dealkylation sites (N-methyl/N-ethyl adjacent to an activating group) is 1. The van der Waals surface area contributed by atoms with E-state index in [-0.39, 0.29) is 25.1 Å². The number of benzene rings is 2. The highest BCUT2D eigenvalue weighted by molar-refractivity contribution is 5.95. The van der Waals surface area contributed by atoms with Crippen LogP contribution >= 0.6 is 0 Å². The smallest absolute Gasteiger partial charge is 0.143 e. The van der Waals surface area contributed by atoms with Crippen molar-refractivity contribution in [1.82, 2.24) is 20.1 Å². The average molecular weight is 504 g/mol. The summed E-state index contributed by atoms with van der Waals surface area (Å²) in [6, 6.07) is 13.1. The van der Waals surface area contributed by atoms with Gasteiger partial charge in [0.15, 0.2) is 0 Å². The second-order valence-corrected chi connectivity index (χ2v) is 9.66. The van der Waals surface area contributed by atoms with Gasteiger partial charge in [-0.05, 0) is 36.9 Å². The Kier molecular flexibility index (Phi) is 6.50. The van der Waals surface area contributed by atoms with Crippen LogP contribution in [0.25, 0.3) is 33.4 Å². The van der Waals surface area contributed by atoms with E-state index in [1.807, 2.05) is 31.3 Å². The summed E-state index contributed by atoms with van der Waals surface area (Å²) in [6.45, 7) is 3.78. The quantitative estimate of drug-likeness (QED) is 0.430. The number of rotatable bonds is 2. The van der Waals surface area contributed by atoms with Gasteiger partial charge < -0.3 is 19.5 Å². The molecular formula is C28H30FN5O3. The van der Waals surface area contributed by atoms with Crippen LogP contribution < -0.4 is 9.64 Å². The van der Waals surface area contributed by atoms with Gasteiger partial charge in [0.1, 0.15) is 17.3 Å². The van der Waals surface area contributed by atoms with E-state index >= 15 is 4.39 Å². The van der Waals surface area contributed by atoms with E-state index in [4.69, 9.17) is 9.47 Å². The van der Waals surface area contributed by atoms with Crippen molar-refractivity contribution < 1.29 is 19.0 Å². The summed E-state index contributed by atoms with van der Waals surface area (Å²) in [5.74, 6) is 0.444. The molecule has 4 aromatic rings. The van der Waals surface area contributed by atoms with E-state index in [0.717, 1.165) is 58.8 Å². The minimum atomic E-state index is -0.328. The molecule has 4 heterocycles. The summed E-state index contributed by atoms with van der Waals surface area (Å²) >= 11 is 0. The fourth-order valence-corrected chi connectivity index (χ4v) is 5.17. The highest BCUT2D eigenvalue weighted by atomic mass is 19.1. The maximum Gasteiger partial charge on any atom is 0.143 e. The molecule has 0 amide bonds. The van der Waals surface area contributed by atoms with Gasteiger partial charge in [-0.1, -0.05) is 18.2 Å². The van der Waals surface area contributed by atoms with Crippen molar-refractivity contribution in [3.63, 3.8) is 0 Å². The fourth-order valence-electron chi connectivity index (χ4n) is 5.17. The summed E-state index contributed by atoms with van der Waals surface area (Å²) in [5, 5.41) is 18.3. The van der Waals surface area contributed by atoms with Crippen LogP contribution in [0.3, 0.4) is 0 Å². The Bertz CT molecular complexity index is 1420. The summed E-state index contributed by atoms with van der Waals surface area (Å²) in [7, 11) is 2.04. The molecule has 192 valence electrons. The van der Waals surface area contributed by atoms with Crippen LogP contribution in [0.15, 0.2) is 48.7 Å². The van der Waals surface area contributed by atoms with Crippen LogP contribution in [-0.2, 0) is 11.3 Å². The van der Waals surface area contributed by atoms with Gasteiger partial charge in [0.2, 0.25) is 0 Å². The summed E-state index contributed by atoms with van der Waals surface area (Å²) in [5.41, 5.74) is 5.17. The Morgan fingerprint density at radius 1 is 1.16 bits per heavy atom. The SMILES string of the molecule is CN1CCN(c2ccc3cc2OCCCOCc2cccc(F)c2-c2cc4c-3n[nH]c4cn2)C[C@H]1CO. The molecule has 0 unspecified atom stereocenters. The number of aromatic nitrogens is 3. The maximum atomic E-state index is 15.0. The van der Waals surface area contributed by atoms with Gasteiger partial charge in [-0.15, -0.1) is 0 Å². The van der Waals surface area contributed by atoms with Crippen LogP contribution in [0.2, 0.25) is 0 Å². The number of nitrogens with zero attached hydrogens (tertiary/aromatic N) is 4. The molecule has 1 atom stereocenters. The highest BCUT2D eigenvalue weighted by Gasteiger charge is 2.26. The Labute approximate surface area is 214 Å². The first-order valence-corrected chi connectivity index (χ1v) is 12.7. The first-order chi connectivity index (χ1) is 18.1. The number of hydrogen-bond acceptors (Lipinski definition) is 7. The van der Waals surface area contributed by atoms with Crippen molar-refractivity contribution in [2.75, 3.05) is 51.4 Å². The fraction of sp³-hybridized carbons (Fsp3) is 0.357. The van der Waals surface area contributed by atoms with Crippen LogP contribution in [0.4, 0.5) is 10.1 Å². The predicted octanol–water partition coefficient (Wildman–Crippen LogP) is 3.84. The number of hydrogen-bond donors (Lipinski definition) is 2. The molecule has 2 aromatic heterocycles. The molecule has 2 aliphatic rings. The lowest BCUT2D eigenvalue weighted by atomic mass is 10.0. The number of anilines is 1. The van der Waals surface area contributed by atoms with Crippen molar-refractivity contribution in [2.24, 2.45) is 0 Å². The van der Waals surface area contributed by atoms with Crippen LogP contribution in [0, 0.1) is 5.82 Å². The molecule has 37 heavy (non-hydrogen) atoms. The minimum absolute atomic E-state index is 0.0690. The Morgan fingerprint density at radius 3 is 2.97 bits per heavy atom. The molecule has 6 rings (SSSR count). The standard InChI is InChI=1S/C28H30FN5O3/c1-33-8-9-34(15-20(33)16-35)25-7-6-18-12-26(25)37-11-3-10-36-17-19-4-2-5-22(29)27(19)23-13-21-24(14-30-23)31-32-28(18)21/h2,4-7,12-14,20,35H,3,8-11,15-17H2,1H3,(H,31,32)/t20-/m0/s1. The van der Waals surface area contributed by atoms with E-state index < -0.39 is 0 Å². The normalized spacial score (nSPS) is 18.8.